The van der Waals surface area contributed by atoms with Gasteiger partial charge in [0.25, 0.3) is 0 Å². The first-order valence-corrected chi connectivity index (χ1v) is 9.36. The van der Waals surface area contributed by atoms with E-state index in [-0.39, 0.29) is 6.04 Å². The normalized spacial score (nSPS) is 22.3. The number of fused-ring (bicyclic) bond motifs is 1. The fraction of sp³-hybridized carbons (Fsp3) is 0.190. The van der Waals surface area contributed by atoms with Crippen molar-refractivity contribution in [3.05, 3.63) is 95.8 Å². The molecule has 0 saturated carbocycles. The van der Waals surface area contributed by atoms with Gasteiger partial charge in [-0.2, -0.15) is 4.57 Å². The van der Waals surface area contributed by atoms with Crippen LogP contribution in [0.2, 0.25) is 0 Å². The first-order chi connectivity index (χ1) is 11.7. The van der Waals surface area contributed by atoms with Gasteiger partial charge in [0.1, 0.15) is 0 Å². The number of rotatable bonds is 3. The fourth-order valence-corrected chi connectivity index (χ4v) is 4.12. The molecule has 2 nitrogen and oxygen atoms in total. The third-order valence-corrected chi connectivity index (χ3v) is 5.61. The van der Waals surface area contributed by atoms with E-state index in [1.165, 1.54) is 4.90 Å². The van der Waals surface area contributed by atoms with Gasteiger partial charge in [0.2, 0.25) is 6.04 Å². The molecule has 0 fully saturated rings. The highest BCUT2D eigenvalue weighted by Crippen LogP contribution is 2.42. The van der Waals surface area contributed by atoms with Crippen LogP contribution in [-0.4, -0.2) is 11.4 Å². The first-order valence-electron chi connectivity index (χ1n) is 8.13. The summed E-state index contributed by atoms with van der Waals surface area (Å²) >= 11 is 1.72. The van der Waals surface area contributed by atoms with E-state index in [4.69, 9.17) is 0 Å². The van der Waals surface area contributed by atoms with Crippen molar-refractivity contribution in [3.63, 3.8) is 0 Å². The predicted molar refractivity (Wildman–Crippen MR) is 97.0 cm³/mol. The van der Waals surface area contributed by atoms with Gasteiger partial charge in [0.05, 0.1) is 6.42 Å². The maximum absolute atomic E-state index is 11.7. The molecular formula is C21H20NOS+. The topological polar surface area (TPSA) is 24.1 Å². The Kier molecular flexibility index (Phi) is 3.91. The zero-order chi connectivity index (χ0) is 16.6. The van der Waals surface area contributed by atoms with Crippen molar-refractivity contribution >= 4 is 11.8 Å². The highest BCUT2D eigenvalue weighted by Gasteiger charge is 2.53. The SMILES string of the molecule is CSc1ccc([C@]2(O)Cc3cccc[n+]3[C@H]2c2ccccc2)cc1. The quantitative estimate of drug-likeness (QED) is 0.583. The average Bonchev–Trinajstić information content (AvgIpc) is 2.95. The number of hydrogen-bond acceptors (Lipinski definition) is 2. The molecule has 1 aliphatic rings. The maximum atomic E-state index is 11.7. The van der Waals surface area contributed by atoms with E-state index >= 15 is 0 Å². The molecule has 4 rings (SSSR count). The molecule has 2 atom stereocenters. The molecule has 120 valence electrons. The van der Waals surface area contributed by atoms with Crippen LogP contribution < -0.4 is 4.57 Å². The van der Waals surface area contributed by atoms with Gasteiger partial charge in [0, 0.05) is 22.6 Å². The molecule has 3 aromatic rings. The molecule has 0 radical (unpaired) electrons. The maximum Gasteiger partial charge on any atom is 0.216 e. The number of benzene rings is 2. The van der Waals surface area contributed by atoms with Gasteiger partial charge in [-0.1, -0.05) is 48.5 Å². The smallest absolute Gasteiger partial charge is 0.216 e. The van der Waals surface area contributed by atoms with E-state index in [1.54, 1.807) is 11.8 Å². The summed E-state index contributed by atoms with van der Waals surface area (Å²) in [4.78, 5) is 1.21. The van der Waals surface area contributed by atoms with Gasteiger partial charge in [-0.15, -0.1) is 11.8 Å². The van der Waals surface area contributed by atoms with E-state index in [1.807, 2.05) is 30.3 Å². The number of aliphatic hydroxyl groups is 1. The molecule has 0 aliphatic carbocycles. The van der Waals surface area contributed by atoms with Gasteiger partial charge >= 0.3 is 0 Å². The molecule has 0 unspecified atom stereocenters. The largest absolute Gasteiger partial charge is 0.377 e. The Morgan fingerprint density at radius 2 is 1.67 bits per heavy atom. The molecule has 0 amide bonds. The Hall–Kier alpha value is -2.10. The van der Waals surface area contributed by atoms with Crippen LogP contribution in [0, 0.1) is 0 Å². The van der Waals surface area contributed by atoms with Crippen LogP contribution in [0.25, 0.3) is 0 Å². The van der Waals surface area contributed by atoms with Gasteiger partial charge < -0.3 is 5.11 Å². The summed E-state index contributed by atoms with van der Waals surface area (Å²) in [6.45, 7) is 0. The van der Waals surface area contributed by atoms with Crippen molar-refractivity contribution in [2.45, 2.75) is 23.0 Å². The second-order valence-electron chi connectivity index (χ2n) is 6.24. The minimum absolute atomic E-state index is 0.116. The summed E-state index contributed by atoms with van der Waals surface area (Å²) in [5, 5.41) is 11.7. The van der Waals surface area contributed by atoms with Gasteiger partial charge in [-0.25, -0.2) is 0 Å². The molecule has 24 heavy (non-hydrogen) atoms. The minimum Gasteiger partial charge on any atom is -0.377 e. The molecule has 2 heterocycles. The van der Waals surface area contributed by atoms with Crippen LogP contribution in [0.4, 0.5) is 0 Å². The van der Waals surface area contributed by atoms with Crippen molar-refractivity contribution in [3.8, 4) is 0 Å². The molecule has 2 aromatic carbocycles. The fourth-order valence-electron chi connectivity index (χ4n) is 3.71. The Labute approximate surface area is 146 Å². The van der Waals surface area contributed by atoms with E-state index in [0.29, 0.717) is 6.42 Å². The Balaban J connectivity index is 1.87. The lowest BCUT2D eigenvalue weighted by Crippen LogP contribution is -2.46. The summed E-state index contributed by atoms with van der Waals surface area (Å²) in [5.41, 5.74) is 2.32. The lowest BCUT2D eigenvalue weighted by atomic mass is 9.82. The van der Waals surface area contributed by atoms with Crippen LogP contribution in [-0.2, 0) is 12.0 Å². The number of thioether (sulfide) groups is 1. The summed E-state index contributed by atoms with van der Waals surface area (Å²) in [7, 11) is 0. The van der Waals surface area contributed by atoms with Crippen LogP contribution in [0.5, 0.6) is 0 Å². The van der Waals surface area contributed by atoms with Crippen LogP contribution in [0.15, 0.2) is 83.9 Å². The predicted octanol–water partition coefficient (Wildman–Crippen LogP) is 3.73. The molecule has 0 spiro atoms. The van der Waals surface area contributed by atoms with Crippen molar-refractivity contribution in [1.82, 2.24) is 0 Å². The summed E-state index contributed by atoms with van der Waals surface area (Å²) in [6, 6.07) is 24.6. The van der Waals surface area contributed by atoms with Crippen LogP contribution in [0.3, 0.4) is 0 Å². The van der Waals surface area contributed by atoms with Crippen molar-refractivity contribution < 1.29 is 9.67 Å². The Morgan fingerprint density at radius 1 is 0.958 bits per heavy atom. The highest BCUT2D eigenvalue weighted by atomic mass is 32.2. The van der Waals surface area contributed by atoms with E-state index in [0.717, 1.165) is 16.8 Å². The summed E-state index contributed by atoms with van der Waals surface area (Å²) in [5.74, 6) is 0. The van der Waals surface area contributed by atoms with Gasteiger partial charge in [0.15, 0.2) is 17.5 Å². The molecule has 1 aliphatic heterocycles. The molecule has 1 aromatic heterocycles. The number of nitrogens with zero attached hydrogens (tertiary/aromatic N) is 1. The highest BCUT2D eigenvalue weighted by molar-refractivity contribution is 7.98. The lowest BCUT2D eigenvalue weighted by Gasteiger charge is -2.26. The van der Waals surface area contributed by atoms with Crippen molar-refractivity contribution in [2.24, 2.45) is 0 Å². The third-order valence-electron chi connectivity index (χ3n) is 4.86. The Bertz CT molecular complexity index is 847. The molecule has 1 N–H and O–H groups in total. The van der Waals surface area contributed by atoms with E-state index in [2.05, 4.69) is 59.5 Å². The minimum atomic E-state index is -0.938. The van der Waals surface area contributed by atoms with Gasteiger partial charge in [-0.05, 0) is 24.0 Å². The first kappa shape index (κ1) is 15.4. The zero-order valence-electron chi connectivity index (χ0n) is 13.6. The van der Waals surface area contributed by atoms with Gasteiger partial charge in [-0.3, -0.25) is 0 Å². The lowest BCUT2D eigenvalue weighted by molar-refractivity contribution is -0.717. The standard InChI is InChI=1S/C21H20NOS/c1-24-19-12-10-17(11-13-19)21(23)15-18-9-5-6-14-22(18)20(21)16-7-3-2-4-8-16/h2-14,20,23H,15H2,1H3/q+1/t20-,21+/m0/s1. The number of hydrogen-bond donors (Lipinski definition) is 1. The zero-order valence-corrected chi connectivity index (χ0v) is 14.4. The van der Waals surface area contributed by atoms with E-state index < -0.39 is 5.60 Å². The number of pyridine rings is 1. The van der Waals surface area contributed by atoms with Crippen molar-refractivity contribution in [1.29, 1.82) is 0 Å². The van der Waals surface area contributed by atoms with Crippen LogP contribution >= 0.6 is 11.8 Å². The summed E-state index contributed by atoms with van der Waals surface area (Å²) < 4.78 is 2.21. The second-order valence-corrected chi connectivity index (χ2v) is 7.12. The Morgan fingerprint density at radius 3 is 2.38 bits per heavy atom. The van der Waals surface area contributed by atoms with Crippen LogP contribution in [0.1, 0.15) is 22.9 Å². The molecule has 0 bridgehead atoms. The number of aromatic nitrogens is 1. The van der Waals surface area contributed by atoms with Crippen molar-refractivity contribution in [2.75, 3.05) is 6.26 Å². The third kappa shape index (κ3) is 2.45. The molecule has 3 heteroatoms. The van der Waals surface area contributed by atoms with E-state index in [9.17, 15) is 5.11 Å². The second kappa shape index (κ2) is 6.08. The summed E-state index contributed by atoms with van der Waals surface area (Å²) in [6.07, 6.45) is 4.75. The molecule has 0 saturated heterocycles. The molecular weight excluding hydrogens is 314 g/mol. The monoisotopic (exact) mass is 334 g/mol. The average molecular weight is 334 g/mol.